The average Bonchev–Trinajstić information content (AvgIpc) is 3.18. The summed E-state index contributed by atoms with van der Waals surface area (Å²) >= 11 is 0. The Morgan fingerprint density at radius 2 is 2.04 bits per heavy atom. The van der Waals surface area contributed by atoms with Gasteiger partial charge in [-0.1, -0.05) is 12.5 Å². The van der Waals surface area contributed by atoms with Crippen LogP contribution in [0, 0.1) is 40.4 Å². The zero-order chi connectivity index (χ0) is 17.9. The van der Waals surface area contributed by atoms with E-state index in [2.05, 4.69) is 13.0 Å². The smallest absolute Gasteiger partial charge is 0.155 e. The van der Waals surface area contributed by atoms with Crippen LogP contribution in [0.15, 0.2) is 23.3 Å². The van der Waals surface area contributed by atoms with E-state index in [1.165, 1.54) is 36.8 Å². The van der Waals surface area contributed by atoms with Gasteiger partial charge in [0.1, 0.15) is 0 Å². The third-order valence-corrected chi connectivity index (χ3v) is 8.90. The fourth-order valence-corrected chi connectivity index (χ4v) is 7.84. The van der Waals surface area contributed by atoms with Gasteiger partial charge in [0.05, 0.1) is 18.3 Å². The van der Waals surface area contributed by atoms with Gasteiger partial charge >= 0.3 is 0 Å². The van der Waals surface area contributed by atoms with Crippen molar-refractivity contribution in [1.82, 2.24) is 0 Å². The van der Waals surface area contributed by atoms with Gasteiger partial charge in [0, 0.05) is 17.9 Å². The number of allylic oxidation sites excluding steroid dienone is 2. The molecule has 26 heavy (non-hydrogen) atoms. The molecule has 0 bridgehead atoms. The summed E-state index contributed by atoms with van der Waals surface area (Å²) in [6.07, 6.45) is 13.7. The molecule has 138 valence electrons. The van der Waals surface area contributed by atoms with E-state index in [0.29, 0.717) is 17.6 Å². The van der Waals surface area contributed by atoms with Gasteiger partial charge in [-0.3, -0.25) is 4.79 Å². The van der Waals surface area contributed by atoms with Crippen molar-refractivity contribution in [3.8, 4) is 6.07 Å². The van der Waals surface area contributed by atoms with Crippen molar-refractivity contribution < 1.29 is 9.53 Å². The van der Waals surface area contributed by atoms with Crippen molar-refractivity contribution in [2.75, 3.05) is 6.61 Å². The summed E-state index contributed by atoms with van der Waals surface area (Å²) in [5.74, 6) is 3.25. The molecule has 1 saturated heterocycles. The Hall–Kier alpha value is -1.40. The second-order valence-electron chi connectivity index (χ2n) is 9.52. The zero-order valence-electron chi connectivity index (χ0n) is 15.8. The highest BCUT2D eigenvalue weighted by Gasteiger charge is 2.65. The van der Waals surface area contributed by atoms with Crippen molar-refractivity contribution in [2.24, 2.45) is 29.1 Å². The first kappa shape index (κ1) is 16.8. The number of ether oxygens (including phenoxy) is 1. The molecule has 1 heterocycles. The SMILES string of the molecule is C[C@]12CCC3C4CCC(=O)C=C4CCC3C1CC[C@]21OCC/C1=C\C#N. The highest BCUT2D eigenvalue weighted by Crippen LogP contribution is 2.68. The monoisotopic (exact) mass is 351 g/mol. The van der Waals surface area contributed by atoms with Crippen LogP contribution in [-0.2, 0) is 9.53 Å². The molecule has 0 aromatic heterocycles. The summed E-state index contributed by atoms with van der Waals surface area (Å²) in [4.78, 5) is 11.9. The van der Waals surface area contributed by atoms with Crippen molar-refractivity contribution in [1.29, 1.82) is 5.26 Å². The van der Waals surface area contributed by atoms with E-state index in [1.54, 1.807) is 6.08 Å². The fraction of sp³-hybridized carbons (Fsp3) is 0.739. The summed E-state index contributed by atoms with van der Waals surface area (Å²) in [5.41, 5.74) is 2.74. The second-order valence-corrected chi connectivity index (χ2v) is 9.52. The molecular formula is C23H29NO2. The molecule has 3 nitrogen and oxygen atoms in total. The third kappa shape index (κ3) is 2.06. The first-order valence-electron chi connectivity index (χ1n) is 10.6. The maximum Gasteiger partial charge on any atom is 0.155 e. The molecule has 0 aromatic carbocycles. The summed E-state index contributed by atoms with van der Waals surface area (Å²) in [6, 6.07) is 2.29. The first-order chi connectivity index (χ1) is 12.6. The average molecular weight is 351 g/mol. The maximum atomic E-state index is 11.9. The highest BCUT2D eigenvalue weighted by atomic mass is 16.5. The number of hydrogen-bond acceptors (Lipinski definition) is 3. The van der Waals surface area contributed by atoms with Gasteiger partial charge in [-0.25, -0.2) is 0 Å². The van der Waals surface area contributed by atoms with Crippen molar-refractivity contribution in [3.63, 3.8) is 0 Å². The number of rotatable bonds is 0. The van der Waals surface area contributed by atoms with Crippen LogP contribution in [0.1, 0.15) is 64.7 Å². The maximum absolute atomic E-state index is 11.9. The standard InChI is InChI=1S/C23H29NO2/c1-22-10-6-19-18-5-3-17(25)14-15(18)2-4-20(19)21(22)7-11-23(22)16(8-12-24)9-13-26-23/h8,14,18-21H,2-7,9-11,13H2,1H3/b16-8+/t18?,19?,20?,21?,22-,23+/m0/s1. The van der Waals surface area contributed by atoms with Crippen LogP contribution in [-0.4, -0.2) is 18.0 Å². The Kier molecular flexibility index (Phi) is 3.73. The molecule has 4 unspecified atom stereocenters. The molecule has 4 fully saturated rings. The van der Waals surface area contributed by atoms with Gasteiger partial charge in [0.25, 0.3) is 0 Å². The molecule has 6 atom stereocenters. The number of carbonyl (C=O) groups excluding carboxylic acids is 1. The molecule has 4 aliphatic carbocycles. The lowest BCUT2D eigenvalue weighted by molar-refractivity contribution is -0.118. The molecular weight excluding hydrogens is 322 g/mol. The highest BCUT2D eigenvalue weighted by molar-refractivity contribution is 5.91. The number of carbonyl (C=O) groups is 1. The van der Waals surface area contributed by atoms with Crippen LogP contribution in [0.5, 0.6) is 0 Å². The van der Waals surface area contributed by atoms with Gasteiger partial charge in [-0.2, -0.15) is 5.26 Å². The summed E-state index contributed by atoms with van der Waals surface area (Å²) in [5, 5.41) is 9.27. The molecule has 3 saturated carbocycles. The van der Waals surface area contributed by atoms with Crippen LogP contribution in [0.4, 0.5) is 0 Å². The van der Waals surface area contributed by atoms with Crippen LogP contribution in [0.25, 0.3) is 0 Å². The molecule has 0 N–H and O–H groups in total. The minimum absolute atomic E-state index is 0.170. The Labute approximate surface area is 156 Å². The summed E-state index contributed by atoms with van der Waals surface area (Å²) in [7, 11) is 0. The van der Waals surface area contributed by atoms with Crippen LogP contribution in [0.2, 0.25) is 0 Å². The largest absolute Gasteiger partial charge is 0.370 e. The van der Waals surface area contributed by atoms with Crippen LogP contribution >= 0.6 is 0 Å². The molecule has 0 radical (unpaired) electrons. The van der Waals surface area contributed by atoms with E-state index in [0.717, 1.165) is 50.5 Å². The van der Waals surface area contributed by atoms with Crippen molar-refractivity contribution >= 4 is 5.78 Å². The minimum atomic E-state index is -0.170. The molecule has 1 spiro atoms. The summed E-state index contributed by atoms with van der Waals surface area (Å²) < 4.78 is 6.46. The van der Waals surface area contributed by atoms with Gasteiger partial charge in [0.15, 0.2) is 5.78 Å². The van der Waals surface area contributed by atoms with E-state index in [-0.39, 0.29) is 11.0 Å². The van der Waals surface area contributed by atoms with Crippen LogP contribution < -0.4 is 0 Å². The lowest BCUT2D eigenvalue weighted by Crippen LogP contribution is -2.53. The molecule has 0 aromatic rings. The molecule has 0 amide bonds. The Morgan fingerprint density at radius 3 is 2.88 bits per heavy atom. The molecule has 1 aliphatic heterocycles. The fourth-order valence-electron chi connectivity index (χ4n) is 7.84. The topological polar surface area (TPSA) is 50.1 Å². The number of hydrogen-bond donors (Lipinski definition) is 0. The van der Waals surface area contributed by atoms with E-state index >= 15 is 0 Å². The van der Waals surface area contributed by atoms with Gasteiger partial charge in [0.2, 0.25) is 0 Å². The quantitative estimate of drug-likeness (QED) is 0.592. The number of nitriles is 1. The Bertz CT molecular complexity index is 744. The Balaban J connectivity index is 1.48. The van der Waals surface area contributed by atoms with Gasteiger partial charge < -0.3 is 4.74 Å². The number of ketones is 1. The first-order valence-corrected chi connectivity index (χ1v) is 10.6. The Morgan fingerprint density at radius 1 is 1.15 bits per heavy atom. The third-order valence-electron chi connectivity index (χ3n) is 8.90. The predicted octanol–water partition coefficient (Wildman–Crippen LogP) is 4.74. The van der Waals surface area contributed by atoms with E-state index in [4.69, 9.17) is 4.74 Å². The minimum Gasteiger partial charge on any atom is -0.370 e. The normalized spacial score (nSPS) is 48.7. The van der Waals surface area contributed by atoms with Crippen molar-refractivity contribution in [2.45, 2.75) is 70.3 Å². The predicted molar refractivity (Wildman–Crippen MR) is 99.1 cm³/mol. The zero-order valence-corrected chi connectivity index (χ0v) is 15.8. The summed E-state index contributed by atoms with van der Waals surface area (Å²) in [6.45, 7) is 3.24. The molecule has 5 rings (SSSR count). The van der Waals surface area contributed by atoms with Gasteiger partial charge in [-0.05, 0) is 86.7 Å². The molecule has 5 aliphatic rings. The van der Waals surface area contributed by atoms with E-state index in [1.807, 2.05) is 6.08 Å². The van der Waals surface area contributed by atoms with E-state index < -0.39 is 0 Å². The number of nitrogens with zero attached hydrogens (tertiary/aromatic N) is 1. The van der Waals surface area contributed by atoms with Crippen molar-refractivity contribution in [3.05, 3.63) is 23.3 Å². The number of fused-ring (bicyclic) bond motifs is 6. The van der Waals surface area contributed by atoms with Crippen LogP contribution in [0.3, 0.4) is 0 Å². The lowest BCUT2D eigenvalue weighted by atomic mass is 9.50. The molecule has 3 heteroatoms. The van der Waals surface area contributed by atoms with E-state index in [9.17, 15) is 10.1 Å². The van der Waals surface area contributed by atoms with Gasteiger partial charge in [-0.15, -0.1) is 0 Å². The second kappa shape index (κ2) is 5.80. The lowest BCUT2D eigenvalue weighted by Gasteiger charge is -2.56.